The minimum absolute atomic E-state index is 0.117. The van der Waals surface area contributed by atoms with Crippen LogP contribution in [0.1, 0.15) is 64.8 Å². The van der Waals surface area contributed by atoms with Gasteiger partial charge in [0.1, 0.15) is 0 Å². The normalized spacial score (nSPS) is 21.0. The monoisotopic (exact) mass is 438 g/mol. The second-order valence-electron chi connectivity index (χ2n) is 7.83. The number of fused-ring (bicyclic) bond motifs is 1. The number of halogens is 1. The summed E-state index contributed by atoms with van der Waals surface area (Å²) in [5, 5.41) is 0.702. The fraction of sp³-hybridized carbons (Fsp3) is 0.320. The zero-order valence-corrected chi connectivity index (χ0v) is 18.0. The molecule has 0 bridgehead atoms. The van der Waals surface area contributed by atoms with Crippen LogP contribution in [0.3, 0.4) is 0 Å². The summed E-state index contributed by atoms with van der Waals surface area (Å²) in [6, 6.07) is 14.5. The van der Waals surface area contributed by atoms with Crippen molar-refractivity contribution in [3.8, 4) is 0 Å². The predicted molar refractivity (Wildman–Crippen MR) is 116 cm³/mol. The van der Waals surface area contributed by atoms with Crippen molar-refractivity contribution in [3.63, 3.8) is 0 Å². The molecule has 0 radical (unpaired) electrons. The van der Waals surface area contributed by atoms with Gasteiger partial charge in [-0.3, -0.25) is 9.59 Å². The molecule has 0 N–H and O–H groups in total. The highest BCUT2D eigenvalue weighted by molar-refractivity contribution is 6.30. The van der Waals surface area contributed by atoms with Gasteiger partial charge in [0.15, 0.2) is 11.5 Å². The SMILES string of the molecule is CCOC(=O)OC1=C(C2CCC(c3ccc(Cl)cc3)CC2)C(=O)c2ccccc2C1=O. The maximum Gasteiger partial charge on any atom is 0.513 e. The summed E-state index contributed by atoms with van der Waals surface area (Å²) in [6.45, 7) is 1.77. The van der Waals surface area contributed by atoms with Crippen LogP contribution in [0.15, 0.2) is 59.9 Å². The molecule has 160 valence electrons. The smallest absolute Gasteiger partial charge is 0.434 e. The first kappa shape index (κ1) is 21.3. The number of ketones is 2. The van der Waals surface area contributed by atoms with Crippen molar-refractivity contribution in [2.24, 2.45) is 5.92 Å². The third kappa shape index (κ3) is 4.28. The second-order valence-corrected chi connectivity index (χ2v) is 8.27. The van der Waals surface area contributed by atoms with E-state index in [1.807, 2.05) is 24.3 Å². The van der Waals surface area contributed by atoms with E-state index in [-0.39, 0.29) is 29.6 Å². The number of hydrogen-bond acceptors (Lipinski definition) is 5. The lowest BCUT2D eigenvalue weighted by atomic mass is 9.72. The molecule has 0 amide bonds. The number of ether oxygens (including phenoxy) is 2. The van der Waals surface area contributed by atoms with Gasteiger partial charge >= 0.3 is 6.16 Å². The maximum atomic E-state index is 13.3. The lowest BCUT2D eigenvalue weighted by Gasteiger charge is -2.32. The largest absolute Gasteiger partial charge is 0.513 e. The van der Waals surface area contributed by atoms with Crippen molar-refractivity contribution in [1.29, 1.82) is 0 Å². The molecule has 5 nitrogen and oxygen atoms in total. The van der Waals surface area contributed by atoms with E-state index in [0.29, 0.717) is 22.1 Å². The van der Waals surface area contributed by atoms with Gasteiger partial charge in [-0.1, -0.05) is 48.0 Å². The van der Waals surface area contributed by atoms with Crippen LogP contribution in [0.2, 0.25) is 5.02 Å². The van der Waals surface area contributed by atoms with Gasteiger partial charge in [-0.05, 0) is 62.1 Å². The Morgan fingerprint density at radius 1 is 0.903 bits per heavy atom. The standard InChI is InChI=1S/C25H23ClO5/c1-2-30-25(29)31-24-21(22(27)19-5-3-4-6-20(19)23(24)28)17-9-7-15(8-10-17)16-11-13-18(26)14-12-16/h3-6,11-15,17H,2,7-10H2,1H3. The number of allylic oxidation sites excluding steroid dienone is 2. The van der Waals surface area contributed by atoms with E-state index >= 15 is 0 Å². The molecule has 0 atom stereocenters. The van der Waals surface area contributed by atoms with Crippen LogP contribution >= 0.6 is 11.6 Å². The maximum absolute atomic E-state index is 13.3. The Kier molecular flexibility index (Phi) is 6.23. The molecule has 2 aromatic carbocycles. The Hall–Kier alpha value is -2.92. The lowest BCUT2D eigenvalue weighted by molar-refractivity contribution is 0.0676. The van der Waals surface area contributed by atoms with Gasteiger partial charge in [-0.25, -0.2) is 4.79 Å². The molecule has 31 heavy (non-hydrogen) atoms. The quantitative estimate of drug-likeness (QED) is 0.538. The fourth-order valence-corrected chi connectivity index (χ4v) is 4.65. The highest BCUT2D eigenvalue weighted by Gasteiger charge is 2.39. The second kappa shape index (κ2) is 9.06. The van der Waals surface area contributed by atoms with E-state index in [4.69, 9.17) is 21.1 Å². The topological polar surface area (TPSA) is 69.7 Å². The van der Waals surface area contributed by atoms with Crippen molar-refractivity contribution >= 4 is 29.3 Å². The molecule has 2 aliphatic rings. The average molecular weight is 439 g/mol. The van der Waals surface area contributed by atoms with Gasteiger partial charge in [-0.2, -0.15) is 0 Å². The molecule has 4 rings (SSSR count). The Morgan fingerprint density at radius 3 is 2.10 bits per heavy atom. The fourth-order valence-electron chi connectivity index (χ4n) is 4.53. The number of hydrogen-bond donors (Lipinski definition) is 0. The van der Waals surface area contributed by atoms with Crippen molar-refractivity contribution in [2.75, 3.05) is 6.61 Å². The van der Waals surface area contributed by atoms with Crippen LogP contribution in [0.25, 0.3) is 0 Å². The average Bonchev–Trinajstić information content (AvgIpc) is 2.78. The van der Waals surface area contributed by atoms with Gasteiger partial charge in [0.05, 0.1) is 12.2 Å². The number of rotatable bonds is 4. The van der Waals surface area contributed by atoms with Crippen molar-refractivity contribution < 1.29 is 23.9 Å². The highest BCUT2D eigenvalue weighted by Crippen LogP contribution is 2.42. The molecular formula is C25H23ClO5. The van der Waals surface area contributed by atoms with Crippen LogP contribution in [0, 0.1) is 5.92 Å². The first-order chi connectivity index (χ1) is 15.0. The first-order valence-electron chi connectivity index (χ1n) is 10.5. The van der Waals surface area contributed by atoms with Crippen LogP contribution in [-0.2, 0) is 9.47 Å². The van der Waals surface area contributed by atoms with Gasteiger partial charge in [0.25, 0.3) is 0 Å². The van der Waals surface area contributed by atoms with Gasteiger partial charge in [0.2, 0.25) is 5.78 Å². The summed E-state index contributed by atoms with van der Waals surface area (Å²) in [6.07, 6.45) is 2.21. The minimum atomic E-state index is -0.967. The summed E-state index contributed by atoms with van der Waals surface area (Å²) in [5.41, 5.74) is 2.13. The van der Waals surface area contributed by atoms with Crippen molar-refractivity contribution in [1.82, 2.24) is 0 Å². The molecular weight excluding hydrogens is 416 g/mol. The van der Waals surface area contributed by atoms with Crippen LogP contribution in [-0.4, -0.2) is 24.3 Å². The van der Waals surface area contributed by atoms with Crippen LogP contribution < -0.4 is 0 Å². The first-order valence-corrected chi connectivity index (χ1v) is 10.9. The zero-order valence-electron chi connectivity index (χ0n) is 17.2. The molecule has 6 heteroatoms. The van der Waals surface area contributed by atoms with Gasteiger partial charge in [0, 0.05) is 16.1 Å². The minimum Gasteiger partial charge on any atom is -0.434 e. The Labute approximate surface area is 186 Å². The summed E-state index contributed by atoms with van der Waals surface area (Å²) >= 11 is 6.00. The Morgan fingerprint density at radius 2 is 1.48 bits per heavy atom. The number of Topliss-reactive ketones (excluding diaryl/α,β-unsaturated/α-hetero) is 2. The van der Waals surface area contributed by atoms with E-state index in [9.17, 15) is 14.4 Å². The van der Waals surface area contributed by atoms with Crippen LogP contribution in [0.4, 0.5) is 4.79 Å². The zero-order chi connectivity index (χ0) is 22.0. The highest BCUT2D eigenvalue weighted by atomic mass is 35.5. The molecule has 1 fully saturated rings. The molecule has 0 aromatic heterocycles. The number of carbonyl (C=O) groups is 3. The predicted octanol–water partition coefficient (Wildman–Crippen LogP) is 6.12. The van der Waals surface area contributed by atoms with E-state index in [0.717, 1.165) is 25.7 Å². The third-order valence-corrected chi connectivity index (χ3v) is 6.29. The Bertz CT molecular complexity index is 1050. The third-order valence-electron chi connectivity index (χ3n) is 6.04. The van der Waals surface area contributed by atoms with Gasteiger partial charge < -0.3 is 9.47 Å². The Balaban J connectivity index is 1.63. The summed E-state index contributed by atoms with van der Waals surface area (Å²) in [4.78, 5) is 38.5. The number of carbonyl (C=O) groups excluding carboxylic acids is 3. The van der Waals surface area contributed by atoms with E-state index in [1.54, 1.807) is 31.2 Å². The molecule has 0 unspecified atom stereocenters. The summed E-state index contributed by atoms with van der Waals surface area (Å²) < 4.78 is 10.2. The molecule has 0 saturated heterocycles. The van der Waals surface area contributed by atoms with Crippen molar-refractivity contribution in [3.05, 3.63) is 81.6 Å². The van der Waals surface area contributed by atoms with E-state index < -0.39 is 11.9 Å². The van der Waals surface area contributed by atoms with Gasteiger partial charge in [-0.15, -0.1) is 0 Å². The molecule has 2 aliphatic carbocycles. The van der Waals surface area contributed by atoms with Crippen molar-refractivity contribution in [2.45, 2.75) is 38.5 Å². The summed E-state index contributed by atoms with van der Waals surface area (Å²) in [5.74, 6) is -0.664. The van der Waals surface area contributed by atoms with E-state index in [2.05, 4.69) is 0 Å². The number of benzene rings is 2. The molecule has 0 heterocycles. The lowest BCUT2D eigenvalue weighted by Crippen LogP contribution is -2.30. The molecule has 1 saturated carbocycles. The molecule has 2 aromatic rings. The van der Waals surface area contributed by atoms with Crippen LogP contribution in [0.5, 0.6) is 0 Å². The molecule has 0 aliphatic heterocycles. The molecule has 0 spiro atoms. The summed E-state index contributed by atoms with van der Waals surface area (Å²) in [7, 11) is 0. The van der Waals surface area contributed by atoms with E-state index in [1.165, 1.54) is 5.56 Å².